The molecule has 0 spiro atoms. The Hall–Kier alpha value is -0.770. The molecule has 0 aliphatic heterocycles. The van der Waals surface area contributed by atoms with Gasteiger partial charge in [0.2, 0.25) is 0 Å². The number of ether oxygens (including phenoxy) is 2. The van der Waals surface area contributed by atoms with E-state index >= 15 is 0 Å². The van der Waals surface area contributed by atoms with Crippen LogP contribution in [0.3, 0.4) is 0 Å². The highest BCUT2D eigenvalue weighted by Crippen LogP contribution is 2.27. The lowest BCUT2D eigenvalue weighted by atomic mass is 10.1. The Labute approximate surface area is 114 Å². The Bertz CT molecular complexity index is 358. The molecule has 1 aromatic carbocycles. The number of hydrogen-bond donors (Lipinski definition) is 1. The quantitative estimate of drug-likeness (QED) is 0.735. The Morgan fingerprint density at radius 1 is 1.28 bits per heavy atom. The first-order valence-electron chi connectivity index (χ1n) is 6.42. The van der Waals surface area contributed by atoms with Crippen LogP contribution >= 0.6 is 11.6 Å². The monoisotopic (exact) mass is 271 g/mol. The van der Waals surface area contributed by atoms with E-state index in [9.17, 15) is 0 Å². The predicted octanol–water partition coefficient (Wildman–Crippen LogP) is 3.43. The van der Waals surface area contributed by atoms with Crippen LogP contribution < -0.4 is 10.1 Å². The summed E-state index contributed by atoms with van der Waals surface area (Å²) in [7, 11) is 0. The van der Waals surface area contributed by atoms with Gasteiger partial charge >= 0.3 is 0 Å². The van der Waals surface area contributed by atoms with Crippen LogP contribution in [0.2, 0.25) is 5.02 Å². The minimum Gasteiger partial charge on any atom is -0.490 e. The zero-order valence-electron chi connectivity index (χ0n) is 11.3. The van der Waals surface area contributed by atoms with Gasteiger partial charge in [0.15, 0.2) is 0 Å². The molecule has 4 heteroatoms. The van der Waals surface area contributed by atoms with Crippen LogP contribution in [0.1, 0.15) is 32.4 Å². The van der Waals surface area contributed by atoms with Crippen LogP contribution in [0.15, 0.2) is 18.2 Å². The minimum absolute atomic E-state index is 0.296. The van der Waals surface area contributed by atoms with Gasteiger partial charge in [-0.3, -0.25) is 0 Å². The molecule has 1 atom stereocenters. The van der Waals surface area contributed by atoms with E-state index in [1.165, 1.54) is 5.56 Å². The van der Waals surface area contributed by atoms with Gasteiger partial charge in [-0.2, -0.15) is 0 Å². The van der Waals surface area contributed by atoms with Crippen LogP contribution in [0.4, 0.5) is 0 Å². The van der Waals surface area contributed by atoms with E-state index in [1.54, 1.807) is 0 Å². The third-order valence-corrected chi connectivity index (χ3v) is 2.95. The molecular weight excluding hydrogens is 250 g/mol. The third kappa shape index (κ3) is 4.84. The zero-order chi connectivity index (χ0) is 13.4. The van der Waals surface area contributed by atoms with Crippen molar-refractivity contribution >= 4 is 11.6 Å². The molecule has 0 heterocycles. The fourth-order valence-electron chi connectivity index (χ4n) is 1.68. The first kappa shape index (κ1) is 15.3. The Balaban J connectivity index is 2.56. The second-order valence-corrected chi connectivity index (χ2v) is 4.42. The predicted molar refractivity (Wildman–Crippen MR) is 75.5 cm³/mol. The van der Waals surface area contributed by atoms with Gasteiger partial charge in [0, 0.05) is 12.6 Å². The van der Waals surface area contributed by atoms with E-state index in [-0.39, 0.29) is 0 Å². The molecule has 3 nitrogen and oxygen atoms in total. The number of nitrogens with one attached hydrogen (secondary N) is 1. The summed E-state index contributed by atoms with van der Waals surface area (Å²) in [4.78, 5) is 0. The van der Waals surface area contributed by atoms with Crippen molar-refractivity contribution in [3.05, 3.63) is 28.8 Å². The highest BCUT2D eigenvalue weighted by Gasteiger charge is 2.07. The maximum absolute atomic E-state index is 6.19. The molecule has 0 fully saturated rings. The lowest BCUT2D eigenvalue weighted by Crippen LogP contribution is -2.17. The second-order valence-electron chi connectivity index (χ2n) is 4.01. The lowest BCUT2D eigenvalue weighted by Gasteiger charge is -2.14. The van der Waals surface area contributed by atoms with Gasteiger partial charge in [-0.15, -0.1) is 0 Å². The van der Waals surface area contributed by atoms with Gasteiger partial charge in [-0.25, -0.2) is 0 Å². The summed E-state index contributed by atoms with van der Waals surface area (Å²) < 4.78 is 10.8. The van der Waals surface area contributed by atoms with Crippen molar-refractivity contribution in [2.24, 2.45) is 0 Å². The van der Waals surface area contributed by atoms with Crippen LogP contribution in [0, 0.1) is 0 Å². The molecule has 1 aromatic rings. The largest absolute Gasteiger partial charge is 0.490 e. The molecule has 1 N–H and O–H groups in total. The number of halogens is 1. The van der Waals surface area contributed by atoms with E-state index in [1.807, 2.05) is 25.1 Å². The van der Waals surface area contributed by atoms with Crippen LogP contribution in [-0.4, -0.2) is 26.4 Å². The first-order valence-corrected chi connectivity index (χ1v) is 6.80. The summed E-state index contributed by atoms with van der Waals surface area (Å²) in [6.45, 7) is 8.91. The highest BCUT2D eigenvalue weighted by atomic mass is 35.5. The normalized spacial score (nSPS) is 12.4. The van der Waals surface area contributed by atoms with E-state index in [2.05, 4.69) is 19.2 Å². The van der Waals surface area contributed by atoms with Crippen molar-refractivity contribution in [1.29, 1.82) is 0 Å². The third-order valence-electron chi connectivity index (χ3n) is 2.66. The Kier molecular flexibility index (Phi) is 7.09. The fraction of sp³-hybridized carbons (Fsp3) is 0.571. The van der Waals surface area contributed by atoms with Crippen molar-refractivity contribution < 1.29 is 9.47 Å². The molecule has 0 saturated heterocycles. The highest BCUT2D eigenvalue weighted by molar-refractivity contribution is 6.32. The Morgan fingerprint density at radius 3 is 2.67 bits per heavy atom. The maximum Gasteiger partial charge on any atom is 0.138 e. The molecule has 0 radical (unpaired) electrons. The van der Waals surface area contributed by atoms with Crippen LogP contribution in [-0.2, 0) is 4.74 Å². The van der Waals surface area contributed by atoms with Crippen molar-refractivity contribution in [2.45, 2.75) is 26.8 Å². The lowest BCUT2D eigenvalue weighted by molar-refractivity contribution is 0.110. The van der Waals surface area contributed by atoms with Crippen molar-refractivity contribution in [3.8, 4) is 5.75 Å². The molecule has 1 rings (SSSR count). The number of benzene rings is 1. The summed E-state index contributed by atoms with van der Waals surface area (Å²) in [5.74, 6) is 0.712. The standard InChI is InChI=1S/C14H22ClNO2/c1-4-16-11(3)12-6-7-14(13(15)10-12)18-9-8-17-5-2/h6-7,10-11,16H,4-5,8-9H2,1-3H3. The van der Waals surface area contributed by atoms with Crippen molar-refractivity contribution in [2.75, 3.05) is 26.4 Å². The first-order chi connectivity index (χ1) is 8.69. The molecule has 0 saturated carbocycles. The smallest absolute Gasteiger partial charge is 0.138 e. The van der Waals surface area contributed by atoms with E-state index in [0.29, 0.717) is 36.6 Å². The number of hydrogen-bond acceptors (Lipinski definition) is 3. The van der Waals surface area contributed by atoms with Crippen molar-refractivity contribution in [3.63, 3.8) is 0 Å². The fourth-order valence-corrected chi connectivity index (χ4v) is 1.93. The molecule has 0 aliphatic carbocycles. The average Bonchev–Trinajstić information content (AvgIpc) is 2.36. The molecule has 0 aliphatic rings. The summed E-state index contributed by atoms with van der Waals surface area (Å²) in [6.07, 6.45) is 0. The molecule has 18 heavy (non-hydrogen) atoms. The molecule has 0 aromatic heterocycles. The van der Waals surface area contributed by atoms with Crippen LogP contribution in [0.5, 0.6) is 5.75 Å². The SMILES string of the molecule is CCNC(C)c1ccc(OCCOCC)c(Cl)c1. The van der Waals surface area contributed by atoms with Crippen molar-refractivity contribution in [1.82, 2.24) is 5.32 Å². The molecule has 102 valence electrons. The Morgan fingerprint density at radius 2 is 2.06 bits per heavy atom. The molecular formula is C14H22ClNO2. The summed E-state index contributed by atoms with van der Waals surface area (Å²) in [5, 5.41) is 4.00. The van der Waals surface area contributed by atoms with Gasteiger partial charge in [0.05, 0.1) is 11.6 Å². The summed E-state index contributed by atoms with van der Waals surface area (Å²) in [6, 6.07) is 6.20. The van der Waals surface area contributed by atoms with E-state index < -0.39 is 0 Å². The van der Waals surface area contributed by atoms with Gasteiger partial charge in [0.25, 0.3) is 0 Å². The van der Waals surface area contributed by atoms with Crippen LogP contribution in [0.25, 0.3) is 0 Å². The maximum atomic E-state index is 6.19. The van der Waals surface area contributed by atoms with E-state index in [4.69, 9.17) is 21.1 Å². The molecule has 0 bridgehead atoms. The van der Waals surface area contributed by atoms with Gasteiger partial charge in [-0.05, 0) is 38.1 Å². The van der Waals surface area contributed by atoms with Gasteiger partial charge < -0.3 is 14.8 Å². The summed E-state index contributed by atoms with van der Waals surface area (Å²) in [5.41, 5.74) is 1.17. The molecule has 0 amide bonds. The average molecular weight is 272 g/mol. The summed E-state index contributed by atoms with van der Waals surface area (Å²) >= 11 is 6.19. The van der Waals surface area contributed by atoms with Gasteiger partial charge in [0.1, 0.15) is 12.4 Å². The second kappa shape index (κ2) is 8.35. The van der Waals surface area contributed by atoms with E-state index in [0.717, 1.165) is 6.54 Å². The minimum atomic E-state index is 0.296. The zero-order valence-corrected chi connectivity index (χ0v) is 12.1. The topological polar surface area (TPSA) is 30.5 Å². The number of rotatable bonds is 8. The van der Waals surface area contributed by atoms with Gasteiger partial charge in [-0.1, -0.05) is 24.6 Å². The molecule has 1 unspecified atom stereocenters.